The first kappa shape index (κ1) is 13.3. The number of benzene rings is 1. The Bertz CT molecular complexity index is 451. The molecule has 2 aliphatic carbocycles. The molecule has 0 amide bonds. The molecule has 1 nitrogen and oxygen atoms in total. The number of rotatable bonds is 2. The van der Waals surface area contributed by atoms with E-state index >= 15 is 0 Å². The first-order valence-electron chi connectivity index (χ1n) is 6.88. The molecule has 2 fully saturated rings. The lowest BCUT2D eigenvalue weighted by Gasteiger charge is -2.55. The van der Waals surface area contributed by atoms with Gasteiger partial charge in [0, 0.05) is 10.2 Å². The molecule has 1 aromatic carbocycles. The zero-order valence-corrected chi connectivity index (χ0v) is 12.3. The second kappa shape index (κ2) is 5.04. The smallest absolute Gasteiger partial charge is 0.191 e. The maximum atomic E-state index is 13.6. The van der Waals surface area contributed by atoms with Crippen molar-refractivity contribution in [2.45, 2.75) is 49.5 Å². The minimum absolute atomic E-state index is 0.0661. The van der Waals surface area contributed by atoms with E-state index in [-0.39, 0.29) is 17.3 Å². The molecule has 2 atom stereocenters. The van der Waals surface area contributed by atoms with Crippen LogP contribution in [0.1, 0.15) is 38.5 Å². The van der Waals surface area contributed by atoms with Crippen LogP contribution in [0.2, 0.25) is 0 Å². The highest BCUT2D eigenvalue weighted by Gasteiger charge is 2.55. The van der Waals surface area contributed by atoms with Crippen molar-refractivity contribution in [2.24, 2.45) is 5.41 Å². The van der Waals surface area contributed by atoms with Gasteiger partial charge in [0.05, 0.1) is 0 Å². The van der Waals surface area contributed by atoms with Crippen LogP contribution in [0, 0.1) is 17.0 Å². The molecule has 0 bridgehead atoms. The average Bonchev–Trinajstić information content (AvgIpc) is 2.43. The highest BCUT2D eigenvalue weighted by atomic mass is 79.9. The molecule has 1 spiro atoms. The number of hydrogen-bond donors (Lipinski definition) is 0. The third kappa shape index (κ3) is 2.18. The summed E-state index contributed by atoms with van der Waals surface area (Å²) in [5.74, 6) is -1.43. The summed E-state index contributed by atoms with van der Waals surface area (Å²) < 4.78 is 33.0. The van der Waals surface area contributed by atoms with Crippen molar-refractivity contribution in [3.63, 3.8) is 0 Å². The molecular weight excluding hydrogens is 314 g/mol. The van der Waals surface area contributed by atoms with Crippen LogP contribution in [0.5, 0.6) is 5.75 Å². The van der Waals surface area contributed by atoms with E-state index < -0.39 is 11.6 Å². The van der Waals surface area contributed by atoms with Crippen molar-refractivity contribution in [1.29, 1.82) is 0 Å². The van der Waals surface area contributed by atoms with Crippen LogP contribution in [0.25, 0.3) is 0 Å². The molecule has 0 saturated heterocycles. The minimum atomic E-state index is -0.607. The summed E-state index contributed by atoms with van der Waals surface area (Å²) in [4.78, 5) is 0.417. The third-order valence-electron chi connectivity index (χ3n) is 4.65. The molecule has 3 rings (SSSR count). The van der Waals surface area contributed by atoms with Crippen LogP contribution in [-0.4, -0.2) is 10.9 Å². The molecule has 0 radical (unpaired) electrons. The molecule has 19 heavy (non-hydrogen) atoms. The zero-order valence-electron chi connectivity index (χ0n) is 10.7. The summed E-state index contributed by atoms with van der Waals surface area (Å²) in [5.41, 5.74) is 0.0764. The standard InChI is InChI=1S/C15H17BrF2O/c16-12-9-13(15(12)7-2-1-3-8-15)19-14-10(17)5-4-6-11(14)18/h4-6,12-13H,1-3,7-9H2. The maximum absolute atomic E-state index is 13.6. The van der Waals surface area contributed by atoms with Crippen LogP contribution >= 0.6 is 15.9 Å². The van der Waals surface area contributed by atoms with Gasteiger partial charge in [-0.25, -0.2) is 8.78 Å². The molecule has 4 heteroatoms. The van der Waals surface area contributed by atoms with Crippen molar-refractivity contribution < 1.29 is 13.5 Å². The van der Waals surface area contributed by atoms with E-state index in [1.807, 2.05) is 0 Å². The molecule has 2 aliphatic rings. The second-order valence-corrected chi connectivity index (χ2v) is 6.76. The second-order valence-electron chi connectivity index (χ2n) is 5.65. The van der Waals surface area contributed by atoms with Gasteiger partial charge in [-0.15, -0.1) is 0 Å². The monoisotopic (exact) mass is 330 g/mol. The highest BCUT2D eigenvalue weighted by molar-refractivity contribution is 9.09. The van der Waals surface area contributed by atoms with Gasteiger partial charge < -0.3 is 4.74 Å². The van der Waals surface area contributed by atoms with Gasteiger partial charge in [-0.05, 0) is 31.4 Å². The first-order chi connectivity index (χ1) is 9.13. The van der Waals surface area contributed by atoms with E-state index in [0.717, 1.165) is 19.3 Å². The number of hydrogen-bond acceptors (Lipinski definition) is 1. The SMILES string of the molecule is Fc1cccc(F)c1OC1CC(Br)C12CCCCC2. The van der Waals surface area contributed by atoms with Gasteiger partial charge in [-0.3, -0.25) is 0 Å². The Hall–Kier alpha value is -0.640. The molecule has 0 aromatic heterocycles. The van der Waals surface area contributed by atoms with Gasteiger partial charge in [0.2, 0.25) is 0 Å². The van der Waals surface area contributed by atoms with E-state index in [0.29, 0.717) is 4.83 Å². The van der Waals surface area contributed by atoms with Crippen LogP contribution < -0.4 is 4.74 Å². The number of ether oxygens (including phenoxy) is 1. The fourth-order valence-corrected chi connectivity index (χ4v) is 4.54. The van der Waals surface area contributed by atoms with Gasteiger partial charge in [0.15, 0.2) is 17.4 Å². The lowest BCUT2D eigenvalue weighted by Crippen LogP contribution is -2.58. The van der Waals surface area contributed by atoms with Crippen molar-refractivity contribution >= 4 is 15.9 Å². The summed E-state index contributed by atoms with van der Waals surface area (Å²) in [6, 6.07) is 3.86. The minimum Gasteiger partial charge on any atom is -0.484 e. The summed E-state index contributed by atoms with van der Waals surface area (Å²) in [7, 11) is 0. The maximum Gasteiger partial charge on any atom is 0.191 e. The van der Waals surface area contributed by atoms with Crippen LogP contribution in [0.3, 0.4) is 0 Å². The third-order valence-corrected chi connectivity index (χ3v) is 5.94. The van der Waals surface area contributed by atoms with Gasteiger partial charge in [-0.1, -0.05) is 41.3 Å². The first-order valence-corrected chi connectivity index (χ1v) is 7.80. The van der Waals surface area contributed by atoms with E-state index in [2.05, 4.69) is 15.9 Å². The van der Waals surface area contributed by atoms with Crippen molar-refractivity contribution in [3.8, 4) is 5.75 Å². The Balaban J connectivity index is 1.80. The fourth-order valence-electron chi connectivity index (χ4n) is 3.45. The topological polar surface area (TPSA) is 9.23 Å². The summed E-state index contributed by atoms with van der Waals surface area (Å²) in [5, 5.41) is 0. The molecule has 1 aromatic rings. The molecule has 0 aliphatic heterocycles. The van der Waals surface area contributed by atoms with Gasteiger partial charge in [0.25, 0.3) is 0 Å². The molecule has 104 valence electrons. The highest BCUT2D eigenvalue weighted by Crippen LogP contribution is 2.56. The van der Waals surface area contributed by atoms with Crippen LogP contribution in [0.15, 0.2) is 18.2 Å². The Morgan fingerprint density at radius 3 is 2.32 bits per heavy atom. The van der Waals surface area contributed by atoms with Crippen LogP contribution in [0.4, 0.5) is 8.78 Å². The Labute approximate surface area is 120 Å². The molecule has 0 N–H and O–H groups in total. The Kier molecular flexibility index (Phi) is 3.54. The quantitative estimate of drug-likeness (QED) is 0.706. The summed E-state index contributed by atoms with van der Waals surface area (Å²) >= 11 is 3.70. The molecule has 0 heterocycles. The van der Waals surface area contributed by atoms with Crippen molar-refractivity contribution in [1.82, 2.24) is 0 Å². The lowest BCUT2D eigenvalue weighted by molar-refractivity contribution is -0.0634. The van der Waals surface area contributed by atoms with Gasteiger partial charge in [0.1, 0.15) is 6.10 Å². The Morgan fingerprint density at radius 2 is 1.74 bits per heavy atom. The number of alkyl halides is 1. The molecule has 2 saturated carbocycles. The van der Waals surface area contributed by atoms with E-state index in [4.69, 9.17) is 4.74 Å². The zero-order chi connectivity index (χ0) is 13.5. The van der Waals surface area contributed by atoms with E-state index in [1.54, 1.807) is 0 Å². The largest absolute Gasteiger partial charge is 0.484 e. The molecular formula is C15H17BrF2O. The van der Waals surface area contributed by atoms with E-state index in [1.165, 1.54) is 37.5 Å². The Morgan fingerprint density at radius 1 is 1.11 bits per heavy atom. The van der Waals surface area contributed by atoms with Crippen molar-refractivity contribution in [3.05, 3.63) is 29.8 Å². The van der Waals surface area contributed by atoms with E-state index in [9.17, 15) is 8.78 Å². The lowest BCUT2D eigenvalue weighted by atomic mass is 9.58. The average molecular weight is 331 g/mol. The van der Waals surface area contributed by atoms with Gasteiger partial charge in [-0.2, -0.15) is 0 Å². The predicted molar refractivity (Wildman–Crippen MR) is 73.6 cm³/mol. The normalized spacial score (nSPS) is 29.0. The predicted octanol–water partition coefficient (Wildman–Crippen LogP) is 4.83. The fraction of sp³-hybridized carbons (Fsp3) is 0.600. The summed E-state index contributed by atoms with van der Waals surface area (Å²) in [6.07, 6.45) is 6.55. The molecule has 2 unspecified atom stereocenters. The van der Waals surface area contributed by atoms with Crippen molar-refractivity contribution in [2.75, 3.05) is 0 Å². The number of para-hydroxylation sites is 1. The number of halogens is 3. The van der Waals surface area contributed by atoms with Gasteiger partial charge >= 0.3 is 0 Å². The summed E-state index contributed by atoms with van der Waals surface area (Å²) in [6.45, 7) is 0. The van der Waals surface area contributed by atoms with Crippen LogP contribution in [-0.2, 0) is 0 Å².